The molecule has 2 aromatic rings. The third-order valence-corrected chi connectivity index (χ3v) is 5.36. The van der Waals surface area contributed by atoms with Gasteiger partial charge in [0.1, 0.15) is 5.82 Å². The summed E-state index contributed by atoms with van der Waals surface area (Å²) >= 11 is 1.46. The highest BCUT2D eigenvalue weighted by atomic mass is 32.2. The average Bonchev–Trinajstić information content (AvgIpc) is 2.93. The molecule has 0 spiro atoms. The van der Waals surface area contributed by atoms with Gasteiger partial charge in [0, 0.05) is 39.8 Å². The first kappa shape index (κ1) is 17.0. The van der Waals surface area contributed by atoms with Crippen LogP contribution in [0.1, 0.15) is 11.4 Å². The summed E-state index contributed by atoms with van der Waals surface area (Å²) in [6.45, 7) is 6.30. The maximum Gasteiger partial charge on any atom is 0.233 e. The summed E-state index contributed by atoms with van der Waals surface area (Å²) in [4.78, 5) is 16.7. The Labute approximate surface area is 146 Å². The van der Waals surface area contributed by atoms with Crippen molar-refractivity contribution >= 4 is 17.7 Å². The van der Waals surface area contributed by atoms with Gasteiger partial charge in [0.05, 0.1) is 5.75 Å². The van der Waals surface area contributed by atoms with E-state index >= 15 is 0 Å². The lowest BCUT2D eigenvalue weighted by atomic mass is 10.2. The molecule has 7 heteroatoms. The maximum atomic E-state index is 12.4. The van der Waals surface area contributed by atoms with E-state index in [1.165, 1.54) is 17.3 Å². The predicted molar refractivity (Wildman–Crippen MR) is 94.8 cm³/mol. The Morgan fingerprint density at radius 1 is 1.12 bits per heavy atom. The quantitative estimate of drug-likeness (QED) is 0.770. The number of rotatable bonds is 5. The van der Waals surface area contributed by atoms with Gasteiger partial charge in [0.15, 0.2) is 5.16 Å². The van der Waals surface area contributed by atoms with E-state index in [-0.39, 0.29) is 5.91 Å². The molecule has 1 aromatic carbocycles. The maximum absolute atomic E-state index is 12.4. The van der Waals surface area contributed by atoms with Crippen molar-refractivity contribution in [3.63, 3.8) is 0 Å². The van der Waals surface area contributed by atoms with E-state index in [2.05, 4.69) is 39.4 Å². The van der Waals surface area contributed by atoms with Crippen molar-refractivity contribution in [3.05, 3.63) is 41.7 Å². The number of amides is 1. The molecular formula is C17H23N5OS. The van der Waals surface area contributed by atoms with Crippen LogP contribution in [0.3, 0.4) is 0 Å². The Bertz CT molecular complexity index is 680. The summed E-state index contributed by atoms with van der Waals surface area (Å²) in [5, 5.41) is 8.90. The Morgan fingerprint density at radius 3 is 2.46 bits per heavy atom. The topological polar surface area (TPSA) is 54.3 Å². The molecule has 1 aromatic heterocycles. The first-order valence-corrected chi connectivity index (χ1v) is 9.15. The van der Waals surface area contributed by atoms with Crippen molar-refractivity contribution in [2.75, 3.05) is 31.9 Å². The molecule has 0 N–H and O–H groups in total. The second-order valence-electron chi connectivity index (χ2n) is 6.02. The fraction of sp³-hybridized carbons (Fsp3) is 0.471. The summed E-state index contributed by atoms with van der Waals surface area (Å²) in [5.41, 5.74) is 1.32. The van der Waals surface area contributed by atoms with Crippen molar-refractivity contribution in [2.45, 2.75) is 18.6 Å². The van der Waals surface area contributed by atoms with Crippen LogP contribution in [-0.2, 0) is 18.4 Å². The zero-order valence-corrected chi connectivity index (χ0v) is 15.0. The Hall–Kier alpha value is -1.86. The van der Waals surface area contributed by atoms with Gasteiger partial charge in [-0.2, -0.15) is 0 Å². The molecule has 2 heterocycles. The summed E-state index contributed by atoms with van der Waals surface area (Å²) in [7, 11) is 1.92. The Morgan fingerprint density at radius 2 is 1.83 bits per heavy atom. The Kier molecular flexibility index (Phi) is 5.52. The summed E-state index contributed by atoms with van der Waals surface area (Å²) < 4.78 is 1.91. The molecule has 6 nitrogen and oxygen atoms in total. The van der Waals surface area contributed by atoms with Gasteiger partial charge in [-0.3, -0.25) is 9.69 Å². The van der Waals surface area contributed by atoms with E-state index in [1.54, 1.807) is 0 Å². The van der Waals surface area contributed by atoms with Crippen molar-refractivity contribution in [3.8, 4) is 0 Å². The summed E-state index contributed by atoms with van der Waals surface area (Å²) in [6, 6.07) is 10.5. The van der Waals surface area contributed by atoms with Gasteiger partial charge in [0.2, 0.25) is 5.91 Å². The van der Waals surface area contributed by atoms with E-state index in [4.69, 9.17) is 0 Å². The number of aryl methyl sites for hydroxylation is 1. The first-order chi connectivity index (χ1) is 11.6. The van der Waals surface area contributed by atoms with Crippen molar-refractivity contribution in [1.82, 2.24) is 24.6 Å². The van der Waals surface area contributed by atoms with Crippen LogP contribution in [0.25, 0.3) is 0 Å². The lowest BCUT2D eigenvalue weighted by molar-refractivity contribution is -0.130. The molecule has 24 heavy (non-hydrogen) atoms. The monoisotopic (exact) mass is 345 g/mol. The number of thioether (sulfide) groups is 1. The van der Waals surface area contributed by atoms with E-state index in [9.17, 15) is 4.79 Å². The SMILES string of the molecule is Cc1nnc(SCC(=O)N2CCN(Cc3ccccc3)CC2)n1C. The van der Waals surface area contributed by atoms with Crippen LogP contribution in [0, 0.1) is 6.92 Å². The molecule has 128 valence electrons. The van der Waals surface area contributed by atoms with E-state index in [0.29, 0.717) is 5.75 Å². The number of piperazine rings is 1. The van der Waals surface area contributed by atoms with Crippen LogP contribution in [0.4, 0.5) is 0 Å². The number of aromatic nitrogens is 3. The highest BCUT2D eigenvalue weighted by Crippen LogP contribution is 2.16. The van der Waals surface area contributed by atoms with Crippen LogP contribution < -0.4 is 0 Å². The third kappa shape index (κ3) is 4.15. The molecule has 1 aliphatic heterocycles. The minimum atomic E-state index is 0.181. The fourth-order valence-corrected chi connectivity index (χ4v) is 3.59. The van der Waals surface area contributed by atoms with Crippen LogP contribution in [0.5, 0.6) is 0 Å². The largest absolute Gasteiger partial charge is 0.339 e. The molecule has 0 atom stereocenters. The van der Waals surface area contributed by atoms with Gasteiger partial charge in [-0.15, -0.1) is 10.2 Å². The zero-order valence-electron chi connectivity index (χ0n) is 14.2. The minimum Gasteiger partial charge on any atom is -0.339 e. The second kappa shape index (κ2) is 7.81. The van der Waals surface area contributed by atoms with Crippen LogP contribution in [0.15, 0.2) is 35.5 Å². The highest BCUT2D eigenvalue weighted by molar-refractivity contribution is 7.99. The van der Waals surface area contributed by atoms with Gasteiger partial charge in [-0.1, -0.05) is 42.1 Å². The normalized spacial score (nSPS) is 15.7. The molecule has 0 saturated carbocycles. The van der Waals surface area contributed by atoms with Crippen molar-refractivity contribution in [2.24, 2.45) is 7.05 Å². The molecule has 1 saturated heterocycles. The molecule has 0 aliphatic carbocycles. The number of benzene rings is 1. The molecule has 3 rings (SSSR count). The van der Waals surface area contributed by atoms with Crippen molar-refractivity contribution in [1.29, 1.82) is 0 Å². The molecule has 1 amide bonds. The van der Waals surface area contributed by atoms with E-state index in [0.717, 1.165) is 43.7 Å². The molecule has 1 fully saturated rings. The molecular weight excluding hydrogens is 322 g/mol. The van der Waals surface area contributed by atoms with Gasteiger partial charge >= 0.3 is 0 Å². The number of carbonyl (C=O) groups excluding carboxylic acids is 1. The highest BCUT2D eigenvalue weighted by Gasteiger charge is 2.21. The standard InChI is InChI=1S/C17H23N5OS/c1-14-18-19-17(20(14)2)24-13-16(23)22-10-8-21(9-11-22)12-15-6-4-3-5-7-15/h3-7H,8-13H2,1-2H3. The first-order valence-electron chi connectivity index (χ1n) is 8.16. The van der Waals surface area contributed by atoms with Gasteiger partial charge < -0.3 is 9.47 Å². The molecule has 0 bridgehead atoms. The number of nitrogens with zero attached hydrogens (tertiary/aromatic N) is 5. The van der Waals surface area contributed by atoms with E-state index < -0.39 is 0 Å². The molecule has 0 radical (unpaired) electrons. The van der Waals surface area contributed by atoms with E-state index in [1.807, 2.05) is 29.5 Å². The van der Waals surface area contributed by atoms with Crippen LogP contribution in [0.2, 0.25) is 0 Å². The number of carbonyl (C=O) groups is 1. The molecule has 1 aliphatic rings. The van der Waals surface area contributed by atoms with Gasteiger partial charge in [-0.25, -0.2) is 0 Å². The second-order valence-corrected chi connectivity index (χ2v) is 6.96. The third-order valence-electron chi connectivity index (χ3n) is 4.35. The lowest BCUT2D eigenvalue weighted by Crippen LogP contribution is -2.48. The lowest BCUT2D eigenvalue weighted by Gasteiger charge is -2.34. The zero-order chi connectivity index (χ0) is 16.9. The summed E-state index contributed by atoms with van der Waals surface area (Å²) in [5.74, 6) is 1.46. The predicted octanol–water partition coefficient (Wildman–Crippen LogP) is 1.56. The van der Waals surface area contributed by atoms with Crippen LogP contribution in [-0.4, -0.2) is 62.4 Å². The fourth-order valence-electron chi connectivity index (χ4n) is 2.73. The summed E-state index contributed by atoms with van der Waals surface area (Å²) in [6.07, 6.45) is 0. The minimum absolute atomic E-state index is 0.181. The smallest absolute Gasteiger partial charge is 0.233 e. The average molecular weight is 345 g/mol. The van der Waals surface area contributed by atoms with Crippen molar-refractivity contribution < 1.29 is 4.79 Å². The van der Waals surface area contributed by atoms with Gasteiger partial charge in [0.25, 0.3) is 0 Å². The molecule has 0 unspecified atom stereocenters. The number of hydrogen-bond acceptors (Lipinski definition) is 5. The van der Waals surface area contributed by atoms with Gasteiger partial charge in [-0.05, 0) is 12.5 Å². The van der Waals surface area contributed by atoms with Crippen LogP contribution >= 0.6 is 11.8 Å². The number of hydrogen-bond donors (Lipinski definition) is 0. The Balaban J connectivity index is 1.44.